The molecule has 5 heteroatoms. The van der Waals surface area contributed by atoms with Gasteiger partial charge in [-0.2, -0.15) is 0 Å². The van der Waals surface area contributed by atoms with Gasteiger partial charge in [-0.3, -0.25) is 4.79 Å². The Hall–Kier alpha value is -1.59. The van der Waals surface area contributed by atoms with E-state index in [1.165, 1.54) is 11.3 Å². The number of fused-ring (bicyclic) bond motifs is 1. The Bertz CT molecular complexity index is 420. The molecule has 1 atom stereocenters. The molecule has 5 N–H and O–H groups in total. The standard InChI is InChI=1S/C12H17N3O2/c13-12(17)10(16)7-14-6-9-3-1-2-8-4-5-15-11(8)9/h1-3,10,14-16H,4-7H2,(H2,13,17). The van der Waals surface area contributed by atoms with Crippen LogP contribution < -0.4 is 16.4 Å². The summed E-state index contributed by atoms with van der Waals surface area (Å²) in [5.74, 6) is -0.700. The van der Waals surface area contributed by atoms with Crippen molar-refractivity contribution in [1.82, 2.24) is 5.32 Å². The number of amides is 1. The number of aliphatic hydroxyl groups excluding tert-OH is 1. The number of hydrogen-bond acceptors (Lipinski definition) is 4. The van der Waals surface area contributed by atoms with Crippen molar-refractivity contribution in [3.8, 4) is 0 Å². The number of benzene rings is 1. The van der Waals surface area contributed by atoms with Crippen molar-refractivity contribution in [2.24, 2.45) is 5.73 Å². The lowest BCUT2D eigenvalue weighted by molar-refractivity contribution is -0.125. The van der Waals surface area contributed by atoms with Gasteiger partial charge in [-0.25, -0.2) is 0 Å². The van der Waals surface area contributed by atoms with Crippen molar-refractivity contribution >= 4 is 11.6 Å². The lowest BCUT2D eigenvalue weighted by Crippen LogP contribution is -2.37. The number of para-hydroxylation sites is 1. The van der Waals surface area contributed by atoms with Crippen LogP contribution in [0.1, 0.15) is 11.1 Å². The van der Waals surface area contributed by atoms with Gasteiger partial charge in [-0.1, -0.05) is 18.2 Å². The van der Waals surface area contributed by atoms with Crippen LogP contribution in [-0.2, 0) is 17.8 Å². The molecule has 0 bridgehead atoms. The van der Waals surface area contributed by atoms with Crippen LogP contribution in [0, 0.1) is 0 Å². The zero-order chi connectivity index (χ0) is 12.3. The number of carbonyl (C=O) groups excluding carboxylic acids is 1. The molecule has 0 spiro atoms. The fourth-order valence-corrected chi connectivity index (χ4v) is 2.00. The third-order valence-corrected chi connectivity index (χ3v) is 2.91. The maximum absolute atomic E-state index is 10.6. The van der Waals surface area contributed by atoms with Gasteiger partial charge in [0.1, 0.15) is 6.10 Å². The van der Waals surface area contributed by atoms with Gasteiger partial charge in [0.25, 0.3) is 0 Å². The highest BCUT2D eigenvalue weighted by atomic mass is 16.3. The number of primary amides is 1. The van der Waals surface area contributed by atoms with E-state index >= 15 is 0 Å². The first-order valence-corrected chi connectivity index (χ1v) is 5.71. The molecule has 0 fully saturated rings. The Morgan fingerprint density at radius 3 is 3.18 bits per heavy atom. The van der Waals surface area contributed by atoms with E-state index in [4.69, 9.17) is 5.73 Å². The van der Waals surface area contributed by atoms with E-state index in [9.17, 15) is 9.90 Å². The van der Waals surface area contributed by atoms with Crippen LogP contribution in [-0.4, -0.2) is 30.2 Å². The van der Waals surface area contributed by atoms with E-state index in [-0.39, 0.29) is 6.54 Å². The van der Waals surface area contributed by atoms with Crippen molar-refractivity contribution in [3.63, 3.8) is 0 Å². The molecule has 92 valence electrons. The minimum absolute atomic E-state index is 0.180. The highest BCUT2D eigenvalue weighted by Gasteiger charge is 2.14. The molecule has 1 aliphatic heterocycles. The number of nitrogens with two attached hydrogens (primary N) is 1. The zero-order valence-corrected chi connectivity index (χ0v) is 9.57. The molecule has 0 aliphatic carbocycles. The van der Waals surface area contributed by atoms with Gasteiger partial charge >= 0.3 is 0 Å². The van der Waals surface area contributed by atoms with Crippen LogP contribution in [0.15, 0.2) is 18.2 Å². The van der Waals surface area contributed by atoms with Gasteiger partial charge < -0.3 is 21.5 Å². The topological polar surface area (TPSA) is 87.4 Å². The molecular formula is C12H17N3O2. The van der Waals surface area contributed by atoms with E-state index in [1.807, 2.05) is 12.1 Å². The lowest BCUT2D eigenvalue weighted by Gasteiger charge is -2.11. The van der Waals surface area contributed by atoms with Crippen LogP contribution in [0.5, 0.6) is 0 Å². The molecule has 1 heterocycles. The van der Waals surface area contributed by atoms with Gasteiger partial charge in [-0.05, 0) is 17.5 Å². The third-order valence-electron chi connectivity index (χ3n) is 2.91. The SMILES string of the molecule is NC(=O)C(O)CNCc1cccc2c1NCC2. The molecule has 2 rings (SSSR count). The minimum atomic E-state index is -1.13. The second-order valence-corrected chi connectivity index (χ2v) is 4.18. The Balaban J connectivity index is 1.92. The number of hydrogen-bond donors (Lipinski definition) is 4. The highest BCUT2D eigenvalue weighted by molar-refractivity contribution is 5.78. The average molecular weight is 235 g/mol. The summed E-state index contributed by atoms with van der Waals surface area (Å²) in [6.07, 6.45) is -0.0766. The number of nitrogens with one attached hydrogen (secondary N) is 2. The van der Waals surface area contributed by atoms with Crippen molar-refractivity contribution in [2.75, 3.05) is 18.4 Å². The second-order valence-electron chi connectivity index (χ2n) is 4.18. The fraction of sp³-hybridized carbons (Fsp3) is 0.417. The van der Waals surface area contributed by atoms with Gasteiger partial charge in [-0.15, -0.1) is 0 Å². The largest absolute Gasteiger partial charge is 0.384 e. The monoisotopic (exact) mass is 235 g/mol. The van der Waals surface area contributed by atoms with Gasteiger partial charge in [0, 0.05) is 25.3 Å². The summed E-state index contributed by atoms with van der Waals surface area (Å²) in [5, 5.41) is 15.6. The summed E-state index contributed by atoms with van der Waals surface area (Å²) in [6.45, 7) is 1.76. The molecule has 17 heavy (non-hydrogen) atoms. The summed E-state index contributed by atoms with van der Waals surface area (Å²) in [6, 6.07) is 6.16. The maximum atomic E-state index is 10.6. The van der Waals surface area contributed by atoms with Crippen LogP contribution in [0.3, 0.4) is 0 Å². The van der Waals surface area contributed by atoms with E-state index in [1.54, 1.807) is 0 Å². The predicted octanol–water partition coefficient (Wildman–Crippen LogP) is -0.410. The summed E-state index contributed by atoms with van der Waals surface area (Å²) < 4.78 is 0. The normalized spacial score (nSPS) is 15.1. The predicted molar refractivity (Wildman–Crippen MR) is 65.5 cm³/mol. The Labute approximate surface area is 100 Å². The van der Waals surface area contributed by atoms with E-state index in [0.717, 1.165) is 18.5 Å². The third kappa shape index (κ3) is 2.75. The van der Waals surface area contributed by atoms with Gasteiger partial charge in [0.05, 0.1) is 0 Å². The first-order chi connectivity index (χ1) is 8.18. The molecule has 5 nitrogen and oxygen atoms in total. The molecule has 0 aromatic heterocycles. The second kappa shape index (κ2) is 5.16. The van der Waals surface area contributed by atoms with Crippen molar-refractivity contribution < 1.29 is 9.90 Å². The van der Waals surface area contributed by atoms with E-state index in [2.05, 4.69) is 16.7 Å². The number of anilines is 1. The highest BCUT2D eigenvalue weighted by Crippen LogP contribution is 2.25. The Kier molecular flexibility index (Phi) is 3.61. The fourth-order valence-electron chi connectivity index (χ4n) is 2.00. The first-order valence-electron chi connectivity index (χ1n) is 5.71. The lowest BCUT2D eigenvalue weighted by atomic mass is 10.1. The summed E-state index contributed by atoms with van der Waals surface area (Å²) in [5.41, 5.74) is 8.61. The smallest absolute Gasteiger partial charge is 0.247 e. The number of aliphatic hydroxyl groups is 1. The Morgan fingerprint density at radius 1 is 1.59 bits per heavy atom. The van der Waals surface area contributed by atoms with E-state index < -0.39 is 12.0 Å². The summed E-state index contributed by atoms with van der Waals surface area (Å²) in [7, 11) is 0. The molecule has 0 radical (unpaired) electrons. The molecular weight excluding hydrogens is 218 g/mol. The van der Waals surface area contributed by atoms with Crippen LogP contribution >= 0.6 is 0 Å². The van der Waals surface area contributed by atoms with Crippen molar-refractivity contribution in [2.45, 2.75) is 19.1 Å². The first kappa shape index (κ1) is 11.9. The number of rotatable bonds is 5. The molecule has 1 aromatic carbocycles. The average Bonchev–Trinajstić information content (AvgIpc) is 2.77. The molecule has 0 saturated carbocycles. The Morgan fingerprint density at radius 2 is 2.41 bits per heavy atom. The number of carbonyl (C=O) groups is 1. The van der Waals surface area contributed by atoms with Gasteiger partial charge in [0.2, 0.25) is 5.91 Å². The zero-order valence-electron chi connectivity index (χ0n) is 9.57. The van der Waals surface area contributed by atoms with E-state index in [0.29, 0.717) is 6.54 Å². The van der Waals surface area contributed by atoms with Crippen LogP contribution in [0.4, 0.5) is 5.69 Å². The van der Waals surface area contributed by atoms with Crippen molar-refractivity contribution in [3.05, 3.63) is 29.3 Å². The molecule has 1 amide bonds. The van der Waals surface area contributed by atoms with Crippen LogP contribution in [0.25, 0.3) is 0 Å². The van der Waals surface area contributed by atoms with Gasteiger partial charge in [0.15, 0.2) is 0 Å². The van der Waals surface area contributed by atoms with Crippen LogP contribution in [0.2, 0.25) is 0 Å². The maximum Gasteiger partial charge on any atom is 0.247 e. The summed E-state index contributed by atoms with van der Waals surface area (Å²) in [4.78, 5) is 10.6. The quantitative estimate of drug-likeness (QED) is 0.559. The molecule has 1 aromatic rings. The minimum Gasteiger partial charge on any atom is -0.384 e. The molecule has 0 saturated heterocycles. The van der Waals surface area contributed by atoms with Crippen molar-refractivity contribution in [1.29, 1.82) is 0 Å². The molecule has 1 aliphatic rings. The molecule has 1 unspecified atom stereocenters. The summed E-state index contributed by atoms with van der Waals surface area (Å²) >= 11 is 0.